The smallest absolute Gasteiger partial charge is 0.271 e. The minimum absolute atomic E-state index is 0.233. The molecule has 0 unspecified atom stereocenters. The quantitative estimate of drug-likeness (QED) is 0.871. The van der Waals surface area contributed by atoms with Gasteiger partial charge in [-0.05, 0) is 24.1 Å². The first-order chi connectivity index (χ1) is 10.2. The fourth-order valence-electron chi connectivity index (χ4n) is 1.86. The van der Waals surface area contributed by atoms with Crippen LogP contribution in [0.1, 0.15) is 16.1 Å². The molecule has 1 N–H and O–H groups in total. The maximum Gasteiger partial charge on any atom is 0.271 e. The van der Waals surface area contributed by atoms with E-state index in [-0.39, 0.29) is 5.91 Å². The molecule has 1 amide bonds. The number of ether oxygens (including phenoxy) is 2. The zero-order chi connectivity index (χ0) is 15.1. The van der Waals surface area contributed by atoms with Gasteiger partial charge >= 0.3 is 0 Å². The van der Waals surface area contributed by atoms with Crippen LogP contribution >= 0.6 is 0 Å². The molecule has 0 spiro atoms. The van der Waals surface area contributed by atoms with E-state index in [1.54, 1.807) is 14.2 Å². The van der Waals surface area contributed by atoms with Crippen molar-refractivity contribution in [1.82, 2.24) is 15.3 Å². The zero-order valence-electron chi connectivity index (χ0n) is 12.0. The molecule has 21 heavy (non-hydrogen) atoms. The largest absolute Gasteiger partial charge is 0.493 e. The minimum atomic E-state index is -0.233. The molecule has 6 heteroatoms. The Bertz CT molecular complexity index is 602. The van der Waals surface area contributed by atoms with Crippen LogP contribution in [0.4, 0.5) is 0 Å². The van der Waals surface area contributed by atoms with Crippen LogP contribution in [-0.2, 0) is 6.42 Å². The molecule has 2 rings (SSSR count). The third-order valence-corrected chi connectivity index (χ3v) is 2.94. The number of carbonyl (C=O) groups is 1. The molecule has 110 valence electrons. The molecule has 1 aromatic heterocycles. The Morgan fingerprint density at radius 3 is 2.67 bits per heavy atom. The summed E-state index contributed by atoms with van der Waals surface area (Å²) in [4.78, 5) is 19.6. The standard InChI is InChI=1S/C15H17N3O3/c1-20-13-4-3-11(9-14(13)21-2)5-6-18-15(19)12-10-16-7-8-17-12/h3-4,7-10H,5-6H2,1-2H3,(H,18,19). The third kappa shape index (κ3) is 3.92. The highest BCUT2D eigenvalue weighted by molar-refractivity contribution is 5.91. The van der Waals surface area contributed by atoms with Gasteiger partial charge in [-0.1, -0.05) is 6.07 Å². The lowest BCUT2D eigenvalue weighted by atomic mass is 10.1. The number of rotatable bonds is 6. The first kappa shape index (κ1) is 14.8. The van der Waals surface area contributed by atoms with Crippen LogP contribution in [0.2, 0.25) is 0 Å². The second-order valence-corrected chi connectivity index (χ2v) is 4.29. The molecular formula is C15H17N3O3. The second kappa shape index (κ2) is 7.23. The van der Waals surface area contributed by atoms with Crippen molar-refractivity contribution >= 4 is 5.91 Å². The number of hydrogen-bond donors (Lipinski definition) is 1. The van der Waals surface area contributed by atoms with Crippen LogP contribution in [0.15, 0.2) is 36.8 Å². The molecule has 0 bridgehead atoms. The number of aromatic nitrogens is 2. The van der Waals surface area contributed by atoms with Gasteiger partial charge in [-0.3, -0.25) is 9.78 Å². The Labute approximate surface area is 123 Å². The normalized spacial score (nSPS) is 10.0. The molecule has 1 heterocycles. The highest BCUT2D eigenvalue weighted by atomic mass is 16.5. The summed E-state index contributed by atoms with van der Waals surface area (Å²) in [5.41, 5.74) is 1.36. The molecule has 0 fully saturated rings. The summed E-state index contributed by atoms with van der Waals surface area (Å²) in [5, 5.41) is 2.80. The highest BCUT2D eigenvalue weighted by Crippen LogP contribution is 2.27. The van der Waals surface area contributed by atoms with E-state index in [1.807, 2.05) is 18.2 Å². The van der Waals surface area contributed by atoms with E-state index in [2.05, 4.69) is 15.3 Å². The number of hydrogen-bond acceptors (Lipinski definition) is 5. The number of benzene rings is 1. The Hall–Kier alpha value is -2.63. The number of nitrogens with zero attached hydrogens (tertiary/aromatic N) is 2. The van der Waals surface area contributed by atoms with Crippen molar-refractivity contribution in [2.75, 3.05) is 20.8 Å². The van der Waals surface area contributed by atoms with E-state index in [9.17, 15) is 4.79 Å². The lowest BCUT2D eigenvalue weighted by Crippen LogP contribution is -2.26. The fourth-order valence-corrected chi connectivity index (χ4v) is 1.86. The van der Waals surface area contributed by atoms with Crippen LogP contribution in [0.5, 0.6) is 11.5 Å². The van der Waals surface area contributed by atoms with Crippen molar-refractivity contribution in [2.24, 2.45) is 0 Å². The van der Waals surface area contributed by atoms with Gasteiger partial charge in [0.15, 0.2) is 11.5 Å². The number of amides is 1. The van der Waals surface area contributed by atoms with Crippen LogP contribution in [0.25, 0.3) is 0 Å². The summed E-state index contributed by atoms with van der Waals surface area (Å²) < 4.78 is 10.4. The molecule has 2 aromatic rings. The molecular weight excluding hydrogens is 270 g/mol. The summed E-state index contributed by atoms with van der Waals surface area (Å²) in [6.45, 7) is 0.505. The molecule has 0 aliphatic carbocycles. The van der Waals surface area contributed by atoms with E-state index in [1.165, 1.54) is 18.6 Å². The second-order valence-electron chi connectivity index (χ2n) is 4.29. The molecule has 0 aliphatic rings. The molecule has 0 atom stereocenters. The van der Waals surface area contributed by atoms with Crippen molar-refractivity contribution < 1.29 is 14.3 Å². The summed E-state index contributed by atoms with van der Waals surface area (Å²) in [6.07, 6.45) is 5.14. The van der Waals surface area contributed by atoms with Crippen molar-refractivity contribution in [1.29, 1.82) is 0 Å². The Morgan fingerprint density at radius 1 is 1.19 bits per heavy atom. The first-order valence-corrected chi connectivity index (χ1v) is 6.49. The Morgan fingerprint density at radius 2 is 2.00 bits per heavy atom. The van der Waals surface area contributed by atoms with Gasteiger partial charge in [-0.25, -0.2) is 4.98 Å². The molecule has 0 saturated heterocycles. The van der Waals surface area contributed by atoms with E-state index >= 15 is 0 Å². The van der Waals surface area contributed by atoms with E-state index in [0.29, 0.717) is 30.2 Å². The maximum atomic E-state index is 11.8. The van der Waals surface area contributed by atoms with E-state index < -0.39 is 0 Å². The third-order valence-electron chi connectivity index (χ3n) is 2.94. The Kier molecular flexibility index (Phi) is 5.09. The van der Waals surface area contributed by atoms with E-state index in [4.69, 9.17) is 9.47 Å². The van der Waals surface area contributed by atoms with Gasteiger partial charge in [0, 0.05) is 18.9 Å². The zero-order valence-corrected chi connectivity index (χ0v) is 12.0. The van der Waals surface area contributed by atoms with Gasteiger partial charge in [-0.15, -0.1) is 0 Å². The van der Waals surface area contributed by atoms with Gasteiger partial charge in [0.05, 0.1) is 20.4 Å². The summed E-state index contributed by atoms with van der Waals surface area (Å²) in [7, 11) is 3.19. The van der Waals surface area contributed by atoms with Gasteiger partial charge < -0.3 is 14.8 Å². The Balaban J connectivity index is 1.90. The fraction of sp³-hybridized carbons (Fsp3) is 0.267. The number of carbonyl (C=O) groups excluding carboxylic acids is 1. The first-order valence-electron chi connectivity index (χ1n) is 6.49. The van der Waals surface area contributed by atoms with Crippen molar-refractivity contribution in [3.8, 4) is 11.5 Å². The van der Waals surface area contributed by atoms with Crippen LogP contribution in [0, 0.1) is 0 Å². The van der Waals surface area contributed by atoms with Gasteiger partial charge in [0.1, 0.15) is 5.69 Å². The van der Waals surface area contributed by atoms with Gasteiger partial charge in [0.2, 0.25) is 0 Å². The highest BCUT2D eigenvalue weighted by Gasteiger charge is 2.07. The topological polar surface area (TPSA) is 73.3 Å². The van der Waals surface area contributed by atoms with Crippen molar-refractivity contribution in [3.63, 3.8) is 0 Å². The SMILES string of the molecule is COc1ccc(CCNC(=O)c2cnccn2)cc1OC. The molecule has 1 aromatic carbocycles. The minimum Gasteiger partial charge on any atom is -0.493 e. The van der Waals surface area contributed by atoms with Gasteiger partial charge in [0.25, 0.3) is 5.91 Å². The summed E-state index contributed by atoms with van der Waals surface area (Å²) in [5.74, 6) is 1.13. The summed E-state index contributed by atoms with van der Waals surface area (Å²) >= 11 is 0. The van der Waals surface area contributed by atoms with Crippen LogP contribution < -0.4 is 14.8 Å². The monoisotopic (exact) mass is 287 g/mol. The van der Waals surface area contributed by atoms with Crippen LogP contribution in [-0.4, -0.2) is 36.6 Å². The molecule has 0 aliphatic heterocycles. The van der Waals surface area contributed by atoms with Crippen molar-refractivity contribution in [3.05, 3.63) is 48.0 Å². The predicted molar refractivity (Wildman–Crippen MR) is 77.6 cm³/mol. The maximum absolute atomic E-state index is 11.8. The molecule has 0 saturated carbocycles. The summed E-state index contributed by atoms with van der Waals surface area (Å²) in [6, 6.07) is 5.68. The lowest BCUT2D eigenvalue weighted by molar-refractivity contribution is 0.0948. The predicted octanol–water partition coefficient (Wildman–Crippen LogP) is 1.47. The van der Waals surface area contributed by atoms with Gasteiger partial charge in [-0.2, -0.15) is 0 Å². The van der Waals surface area contributed by atoms with Crippen LogP contribution in [0.3, 0.4) is 0 Å². The lowest BCUT2D eigenvalue weighted by Gasteiger charge is -2.10. The molecule has 6 nitrogen and oxygen atoms in total. The number of nitrogens with one attached hydrogen (secondary N) is 1. The number of methoxy groups -OCH3 is 2. The molecule has 0 radical (unpaired) electrons. The van der Waals surface area contributed by atoms with E-state index in [0.717, 1.165) is 5.56 Å². The van der Waals surface area contributed by atoms with Crippen molar-refractivity contribution in [2.45, 2.75) is 6.42 Å². The average molecular weight is 287 g/mol. The average Bonchev–Trinajstić information content (AvgIpc) is 2.55.